The van der Waals surface area contributed by atoms with E-state index >= 15 is 0 Å². The van der Waals surface area contributed by atoms with Crippen molar-refractivity contribution in [1.82, 2.24) is 10.2 Å². The van der Waals surface area contributed by atoms with Crippen molar-refractivity contribution < 1.29 is 28.9 Å². The number of nitrogens with zero attached hydrogens (tertiary/aromatic N) is 1. The highest BCUT2D eigenvalue weighted by atomic mass is 35.5. The van der Waals surface area contributed by atoms with E-state index < -0.39 is 18.3 Å². The average molecular weight is 512 g/mol. The number of piperidine rings is 1. The number of ether oxygens (including phenoxy) is 3. The van der Waals surface area contributed by atoms with Gasteiger partial charge < -0.3 is 35.3 Å². The molecule has 1 aromatic rings. The number of methoxy groups -OCH3 is 1. The Hall–Kier alpha value is -2.07. The Balaban J connectivity index is 1.79. The Morgan fingerprint density at radius 3 is 2.83 bits per heavy atom. The molecule has 2 amide bonds. The lowest BCUT2D eigenvalue weighted by atomic mass is 9.78. The molecule has 0 aromatic heterocycles. The van der Waals surface area contributed by atoms with Gasteiger partial charge in [-0.3, -0.25) is 0 Å². The van der Waals surface area contributed by atoms with Crippen molar-refractivity contribution in [1.29, 1.82) is 0 Å². The lowest BCUT2D eigenvalue weighted by Crippen LogP contribution is -2.52. The molecular weight excluding hydrogens is 474 g/mol. The molecule has 2 unspecified atom stereocenters. The van der Waals surface area contributed by atoms with Crippen molar-refractivity contribution in [3.63, 3.8) is 0 Å². The van der Waals surface area contributed by atoms with Gasteiger partial charge >= 0.3 is 12.2 Å². The second kappa shape index (κ2) is 13.9. The molecular formula is C25H38ClN3O6. The lowest BCUT2D eigenvalue weighted by molar-refractivity contribution is -0.0411. The fourth-order valence-corrected chi connectivity index (χ4v) is 5.57. The van der Waals surface area contributed by atoms with Crippen LogP contribution >= 0.6 is 11.6 Å². The van der Waals surface area contributed by atoms with E-state index in [4.69, 9.17) is 26.8 Å². The van der Waals surface area contributed by atoms with Gasteiger partial charge in [0.2, 0.25) is 0 Å². The predicted octanol–water partition coefficient (Wildman–Crippen LogP) is 4.05. The number of amides is 2. The summed E-state index contributed by atoms with van der Waals surface area (Å²) >= 11 is 6.29. The molecule has 35 heavy (non-hydrogen) atoms. The highest BCUT2D eigenvalue weighted by Gasteiger charge is 2.40. The number of carbonyl (C=O) groups is 2. The minimum Gasteiger partial charge on any atom is -0.465 e. The van der Waals surface area contributed by atoms with Gasteiger partial charge in [-0.15, -0.1) is 0 Å². The van der Waals surface area contributed by atoms with Crippen LogP contribution in [-0.4, -0.2) is 74.3 Å². The van der Waals surface area contributed by atoms with E-state index in [1.807, 2.05) is 18.2 Å². The molecule has 196 valence electrons. The number of rotatable bonds is 10. The van der Waals surface area contributed by atoms with Crippen LogP contribution in [0.4, 0.5) is 9.59 Å². The Morgan fingerprint density at radius 1 is 1.31 bits per heavy atom. The van der Waals surface area contributed by atoms with Crippen molar-refractivity contribution in [2.75, 3.05) is 40.0 Å². The number of hydrogen-bond acceptors (Lipinski definition) is 6. The summed E-state index contributed by atoms with van der Waals surface area (Å²) in [7, 11) is 1.31. The topological polar surface area (TPSA) is 123 Å². The number of likely N-dealkylation sites (tertiary alicyclic amines) is 1. The quantitative estimate of drug-likeness (QED) is 0.405. The maximum Gasteiger partial charge on any atom is 0.407 e. The molecule has 2 aliphatic heterocycles. The van der Waals surface area contributed by atoms with Gasteiger partial charge in [-0.2, -0.15) is 0 Å². The van der Waals surface area contributed by atoms with Crippen LogP contribution in [0, 0.1) is 11.8 Å². The normalized spacial score (nSPS) is 24.4. The fraction of sp³-hybridized carbons (Fsp3) is 0.680. The first kappa shape index (κ1) is 27.5. The second-order valence-corrected chi connectivity index (χ2v) is 9.87. The zero-order valence-electron chi connectivity index (χ0n) is 20.4. The summed E-state index contributed by atoms with van der Waals surface area (Å²) in [5.41, 5.74) is 7.48. The molecule has 0 aliphatic carbocycles. The van der Waals surface area contributed by atoms with Gasteiger partial charge in [0.15, 0.2) is 0 Å². The summed E-state index contributed by atoms with van der Waals surface area (Å²) in [4.78, 5) is 25.2. The second-order valence-electron chi connectivity index (χ2n) is 9.43. The molecule has 3 rings (SSSR count). The molecule has 10 heteroatoms. The average Bonchev–Trinajstić information content (AvgIpc) is 2.84. The smallest absolute Gasteiger partial charge is 0.407 e. The van der Waals surface area contributed by atoms with Crippen molar-refractivity contribution >= 4 is 23.8 Å². The monoisotopic (exact) mass is 511 g/mol. The standard InChI is InChI=1S/C25H38ClN3O6/c1-33-24(30)28-9-12-35-23(18-6-2-7-19(26)14-18)21-8-3-10-29(25(31)32)22(21)15-20(27)13-17-5-4-11-34-16-17/h2,6-7,14,17,20-23H,3-5,8-13,15-16,27H2,1H3,(H,28,30)(H,31,32)/t17-,20+,21?,22?,23+/m1/s1. The van der Waals surface area contributed by atoms with Crippen LogP contribution in [0.2, 0.25) is 5.02 Å². The first-order chi connectivity index (χ1) is 16.9. The van der Waals surface area contributed by atoms with E-state index in [0.29, 0.717) is 30.5 Å². The molecule has 0 saturated carbocycles. The Morgan fingerprint density at radius 2 is 2.14 bits per heavy atom. The van der Waals surface area contributed by atoms with Gasteiger partial charge in [0.25, 0.3) is 0 Å². The largest absolute Gasteiger partial charge is 0.465 e. The van der Waals surface area contributed by atoms with Crippen molar-refractivity contribution in [3.8, 4) is 0 Å². The summed E-state index contributed by atoms with van der Waals surface area (Å²) < 4.78 is 16.5. The van der Waals surface area contributed by atoms with E-state index in [-0.39, 0.29) is 31.2 Å². The highest BCUT2D eigenvalue weighted by Crippen LogP contribution is 2.39. The number of nitrogens with one attached hydrogen (secondary N) is 1. The van der Waals surface area contributed by atoms with E-state index in [2.05, 4.69) is 10.1 Å². The molecule has 9 nitrogen and oxygen atoms in total. The zero-order chi connectivity index (χ0) is 25.2. The summed E-state index contributed by atoms with van der Waals surface area (Å²) in [6.07, 6.45) is 3.15. The number of halogens is 1. The predicted molar refractivity (Wildman–Crippen MR) is 133 cm³/mol. The number of carboxylic acid groups (broad SMARTS) is 1. The number of nitrogens with two attached hydrogens (primary N) is 1. The SMILES string of the molecule is COC(=O)NCCO[C@@H](c1cccc(Cl)c1)C1CCCN(C(=O)O)C1C[C@@H](N)C[C@H]1CCCOC1. The van der Waals surface area contributed by atoms with Crippen LogP contribution in [0.25, 0.3) is 0 Å². The first-order valence-corrected chi connectivity index (χ1v) is 12.8. The van der Waals surface area contributed by atoms with Gasteiger partial charge in [-0.05, 0) is 62.1 Å². The molecule has 0 bridgehead atoms. The third-order valence-corrected chi connectivity index (χ3v) is 7.17. The van der Waals surface area contributed by atoms with Crippen molar-refractivity contribution in [3.05, 3.63) is 34.9 Å². The van der Waals surface area contributed by atoms with Crippen molar-refractivity contribution in [2.45, 2.75) is 56.7 Å². The number of benzene rings is 1. The van der Waals surface area contributed by atoms with Crippen LogP contribution in [0.1, 0.15) is 50.2 Å². The zero-order valence-corrected chi connectivity index (χ0v) is 21.1. The number of carbonyl (C=O) groups excluding carboxylic acids is 1. The lowest BCUT2D eigenvalue weighted by Gasteiger charge is -2.44. The molecule has 0 spiro atoms. The van der Waals surface area contributed by atoms with E-state index in [0.717, 1.165) is 44.3 Å². The fourth-order valence-electron chi connectivity index (χ4n) is 5.37. The number of hydrogen-bond donors (Lipinski definition) is 3. The van der Waals surface area contributed by atoms with Gasteiger partial charge in [0.05, 0.1) is 19.8 Å². The van der Waals surface area contributed by atoms with Crippen LogP contribution in [-0.2, 0) is 14.2 Å². The summed E-state index contributed by atoms with van der Waals surface area (Å²) in [6.45, 7) is 2.50. The minimum atomic E-state index is -0.940. The molecule has 1 aromatic carbocycles. The van der Waals surface area contributed by atoms with Gasteiger partial charge in [-0.1, -0.05) is 23.7 Å². The summed E-state index contributed by atoms with van der Waals surface area (Å²) in [5, 5.41) is 13.2. The van der Waals surface area contributed by atoms with E-state index in [9.17, 15) is 14.7 Å². The third-order valence-electron chi connectivity index (χ3n) is 6.93. The maximum atomic E-state index is 12.2. The maximum absolute atomic E-state index is 12.2. The summed E-state index contributed by atoms with van der Waals surface area (Å²) in [5.74, 6) is 0.300. The van der Waals surface area contributed by atoms with E-state index in [1.54, 1.807) is 6.07 Å². The molecule has 4 N–H and O–H groups in total. The Bertz CT molecular complexity index is 822. The summed E-state index contributed by atoms with van der Waals surface area (Å²) in [6, 6.07) is 7.03. The van der Waals surface area contributed by atoms with Gasteiger partial charge in [0.1, 0.15) is 0 Å². The molecule has 2 heterocycles. The van der Waals surface area contributed by atoms with Crippen LogP contribution < -0.4 is 11.1 Å². The Kier molecular flexibility index (Phi) is 10.9. The Labute approximate surface area is 212 Å². The van der Waals surface area contributed by atoms with Crippen molar-refractivity contribution in [2.24, 2.45) is 17.6 Å². The van der Waals surface area contributed by atoms with Gasteiger partial charge in [0, 0.05) is 49.3 Å². The van der Waals surface area contributed by atoms with E-state index in [1.165, 1.54) is 12.0 Å². The highest BCUT2D eigenvalue weighted by molar-refractivity contribution is 6.30. The molecule has 5 atom stereocenters. The third kappa shape index (κ3) is 8.24. The molecule has 2 saturated heterocycles. The number of alkyl carbamates (subject to hydrolysis) is 1. The van der Waals surface area contributed by atoms with Crippen LogP contribution in [0.15, 0.2) is 24.3 Å². The molecule has 2 aliphatic rings. The molecule has 2 fully saturated rings. The minimum absolute atomic E-state index is 0.106. The first-order valence-electron chi connectivity index (χ1n) is 12.4. The van der Waals surface area contributed by atoms with Crippen LogP contribution in [0.3, 0.4) is 0 Å². The molecule has 0 radical (unpaired) electrons. The van der Waals surface area contributed by atoms with Gasteiger partial charge in [-0.25, -0.2) is 9.59 Å². The van der Waals surface area contributed by atoms with Crippen LogP contribution in [0.5, 0.6) is 0 Å².